The number of thiophene rings is 1. The number of hydrogen-bond donors (Lipinski definition) is 1. The van der Waals surface area contributed by atoms with Crippen LogP contribution in [0.1, 0.15) is 33.3 Å². The second-order valence-corrected chi connectivity index (χ2v) is 8.04. The van der Waals surface area contributed by atoms with Crippen molar-refractivity contribution >= 4 is 39.0 Å². The van der Waals surface area contributed by atoms with Gasteiger partial charge in [-0.2, -0.15) is 9.78 Å². The highest BCUT2D eigenvalue weighted by Gasteiger charge is 2.23. The topological polar surface area (TPSA) is 99.5 Å². The number of fused-ring (bicyclic) bond motifs is 1. The Kier molecular flexibility index (Phi) is 6.23. The zero-order valence-electron chi connectivity index (χ0n) is 18.2. The molecule has 168 valence electrons. The number of nitrogens with zero attached hydrogens (tertiary/aromatic N) is 2. The maximum absolute atomic E-state index is 13.4. The Hall–Kier alpha value is -3.98. The lowest BCUT2D eigenvalue weighted by Crippen LogP contribution is -2.25. The van der Waals surface area contributed by atoms with Gasteiger partial charge in [-0.15, -0.1) is 11.3 Å². The van der Waals surface area contributed by atoms with E-state index in [2.05, 4.69) is 10.4 Å². The van der Waals surface area contributed by atoms with Crippen LogP contribution in [-0.4, -0.2) is 35.4 Å². The van der Waals surface area contributed by atoms with Gasteiger partial charge >= 0.3 is 5.97 Å². The predicted molar refractivity (Wildman–Crippen MR) is 127 cm³/mol. The van der Waals surface area contributed by atoms with Crippen LogP contribution in [0.5, 0.6) is 5.75 Å². The first-order valence-electron chi connectivity index (χ1n) is 10.2. The number of aryl methyl sites for hydroxylation is 1. The van der Waals surface area contributed by atoms with E-state index in [4.69, 9.17) is 9.47 Å². The molecule has 0 spiro atoms. The van der Waals surface area contributed by atoms with Gasteiger partial charge < -0.3 is 14.8 Å². The number of nitrogens with one attached hydrogen (secondary N) is 1. The van der Waals surface area contributed by atoms with Gasteiger partial charge in [-0.3, -0.25) is 9.59 Å². The van der Waals surface area contributed by atoms with Gasteiger partial charge in [0, 0.05) is 16.3 Å². The zero-order valence-corrected chi connectivity index (χ0v) is 19.1. The predicted octanol–water partition coefficient (Wildman–Crippen LogP) is 4.19. The average molecular weight is 464 g/mol. The molecule has 4 aromatic rings. The largest absolute Gasteiger partial charge is 0.497 e. The highest BCUT2D eigenvalue weighted by Crippen LogP contribution is 2.31. The quantitative estimate of drug-likeness (QED) is 0.431. The Labute approximate surface area is 193 Å². The molecule has 0 saturated carbocycles. The summed E-state index contributed by atoms with van der Waals surface area (Å²) in [5, 5.41) is 9.58. The van der Waals surface area contributed by atoms with Crippen molar-refractivity contribution in [3.8, 4) is 11.4 Å². The van der Waals surface area contributed by atoms with E-state index >= 15 is 0 Å². The summed E-state index contributed by atoms with van der Waals surface area (Å²) in [6.07, 6.45) is 0. The van der Waals surface area contributed by atoms with Crippen LogP contribution in [0.25, 0.3) is 16.5 Å². The van der Waals surface area contributed by atoms with E-state index in [1.807, 2.05) is 13.0 Å². The molecule has 0 radical (unpaired) electrons. The third-order valence-electron chi connectivity index (χ3n) is 4.95. The molecule has 0 atom stereocenters. The van der Waals surface area contributed by atoms with Crippen molar-refractivity contribution in [2.24, 2.45) is 0 Å². The first-order chi connectivity index (χ1) is 15.9. The van der Waals surface area contributed by atoms with Gasteiger partial charge in [-0.1, -0.05) is 12.1 Å². The van der Waals surface area contributed by atoms with Crippen LogP contribution in [0.15, 0.2) is 58.7 Å². The van der Waals surface area contributed by atoms with Crippen molar-refractivity contribution in [3.05, 3.63) is 81.1 Å². The number of anilines is 1. The Bertz CT molecular complexity index is 1410. The van der Waals surface area contributed by atoms with E-state index in [0.29, 0.717) is 27.4 Å². The van der Waals surface area contributed by atoms with Crippen molar-refractivity contribution in [1.29, 1.82) is 0 Å². The number of ether oxygens (including phenoxy) is 2. The fraction of sp³-hybridized carbons (Fsp3) is 0.167. The number of carbonyl (C=O) groups excluding carboxylic acids is 2. The van der Waals surface area contributed by atoms with Crippen molar-refractivity contribution in [2.45, 2.75) is 13.8 Å². The van der Waals surface area contributed by atoms with E-state index < -0.39 is 17.4 Å². The maximum Gasteiger partial charge on any atom is 0.359 e. The molecule has 2 heterocycles. The number of methoxy groups -OCH3 is 1. The van der Waals surface area contributed by atoms with Crippen LogP contribution < -0.4 is 15.6 Å². The first kappa shape index (κ1) is 22.2. The Morgan fingerprint density at radius 3 is 2.58 bits per heavy atom. The van der Waals surface area contributed by atoms with Crippen LogP contribution in [0.4, 0.5) is 5.00 Å². The molecule has 0 bridgehead atoms. The molecule has 0 aliphatic rings. The summed E-state index contributed by atoms with van der Waals surface area (Å²) < 4.78 is 11.4. The number of aromatic nitrogens is 2. The maximum atomic E-state index is 13.4. The summed E-state index contributed by atoms with van der Waals surface area (Å²) in [6.45, 7) is 3.75. The summed E-state index contributed by atoms with van der Waals surface area (Å²) in [7, 11) is 1.54. The number of hydrogen-bond acceptors (Lipinski definition) is 7. The summed E-state index contributed by atoms with van der Waals surface area (Å²) >= 11 is 1.15. The van der Waals surface area contributed by atoms with Gasteiger partial charge in [0.15, 0.2) is 5.69 Å². The fourth-order valence-corrected chi connectivity index (χ4v) is 4.28. The first-order valence-corrected chi connectivity index (χ1v) is 11.0. The van der Waals surface area contributed by atoms with Gasteiger partial charge in [-0.05, 0) is 55.8 Å². The smallest absolute Gasteiger partial charge is 0.359 e. The molecule has 1 N–H and O–H groups in total. The van der Waals surface area contributed by atoms with Gasteiger partial charge in [0.25, 0.3) is 11.5 Å². The van der Waals surface area contributed by atoms with E-state index in [9.17, 15) is 14.4 Å². The van der Waals surface area contributed by atoms with Crippen LogP contribution in [-0.2, 0) is 4.74 Å². The number of amides is 1. The lowest BCUT2D eigenvalue weighted by atomic mass is 10.2. The summed E-state index contributed by atoms with van der Waals surface area (Å²) in [5.74, 6) is -0.411. The lowest BCUT2D eigenvalue weighted by molar-refractivity contribution is 0.0520. The van der Waals surface area contributed by atoms with Gasteiger partial charge in [0.1, 0.15) is 10.8 Å². The molecule has 2 aromatic carbocycles. The summed E-state index contributed by atoms with van der Waals surface area (Å²) in [5.41, 5.74) is 1.39. The number of carbonyl (C=O) groups is 2. The number of esters is 1. The van der Waals surface area contributed by atoms with E-state index in [-0.39, 0.29) is 17.7 Å². The molecule has 0 fully saturated rings. The van der Waals surface area contributed by atoms with Crippen LogP contribution in [0.2, 0.25) is 0 Å². The van der Waals surface area contributed by atoms with Gasteiger partial charge in [-0.25, -0.2) is 4.79 Å². The van der Waals surface area contributed by atoms with Crippen molar-refractivity contribution in [3.63, 3.8) is 0 Å². The SMILES string of the molecule is CCOC(=O)c1nn(-c2cccc(C)c2)c(=O)c2c(NC(=O)c3ccc(OC)cc3)scc12. The Morgan fingerprint density at radius 1 is 1.15 bits per heavy atom. The van der Waals surface area contributed by atoms with E-state index in [0.717, 1.165) is 21.6 Å². The fourth-order valence-electron chi connectivity index (χ4n) is 3.34. The molecule has 0 saturated heterocycles. The zero-order chi connectivity index (χ0) is 23.5. The van der Waals surface area contributed by atoms with Crippen molar-refractivity contribution < 1.29 is 19.1 Å². The molecule has 4 rings (SSSR count). The highest BCUT2D eigenvalue weighted by atomic mass is 32.1. The molecule has 33 heavy (non-hydrogen) atoms. The Morgan fingerprint density at radius 2 is 1.91 bits per heavy atom. The minimum Gasteiger partial charge on any atom is -0.497 e. The van der Waals surface area contributed by atoms with E-state index in [1.54, 1.807) is 61.9 Å². The van der Waals surface area contributed by atoms with Crippen molar-refractivity contribution in [1.82, 2.24) is 9.78 Å². The highest BCUT2D eigenvalue weighted by molar-refractivity contribution is 7.16. The third-order valence-corrected chi connectivity index (χ3v) is 5.84. The summed E-state index contributed by atoms with van der Waals surface area (Å²) in [6, 6.07) is 13.8. The lowest BCUT2D eigenvalue weighted by Gasteiger charge is -2.10. The summed E-state index contributed by atoms with van der Waals surface area (Å²) in [4.78, 5) is 38.9. The Balaban J connectivity index is 1.85. The molecule has 1 amide bonds. The van der Waals surface area contributed by atoms with Gasteiger partial charge in [0.2, 0.25) is 0 Å². The van der Waals surface area contributed by atoms with Crippen LogP contribution >= 0.6 is 11.3 Å². The van der Waals surface area contributed by atoms with Gasteiger partial charge in [0.05, 0.1) is 24.8 Å². The molecule has 2 aromatic heterocycles. The van der Waals surface area contributed by atoms with Crippen LogP contribution in [0, 0.1) is 6.92 Å². The normalized spacial score (nSPS) is 10.8. The molecular formula is C24H21N3O5S. The molecule has 8 nitrogen and oxygen atoms in total. The number of benzene rings is 2. The minimum absolute atomic E-state index is 0.00847. The minimum atomic E-state index is -0.644. The second kappa shape index (κ2) is 9.25. The number of rotatable bonds is 6. The molecule has 9 heteroatoms. The third kappa shape index (κ3) is 4.35. The van der Waals surface area contributed by atoms with E-state index in [1.165, 1.54) is 0 Å². The monoisotopic (exact) mass is 463 g/mol. The molecular weight excluding hydrogens is 442 g/mol. The molecule has 0 aliphatic carbocycles. The van der Waals surface area contributed by atoms with Crippen molar-refractivity contribution in [2.75, 3.05) is 19.0 Å². The standard InChI is InChI=1S/C24H21N3O5S/c1-4-32-24(30)20-18-13-33-22(25-21(28)15-8-10-17(31-3)11-9-15)19(18)23(29)27(26-20)16-7-5-6-14(2)12-16/h5-13H,4H2,1-3H3,(H,25,28). The molecule has 0 unspecified atom stereocenters. The average Bonchev–Trinajstić information content (AvgIpc) is 3.23. The van der Waals surface area contributed by atoms with Crippen LogP contribution in [0.3, 0.4) is 0 Å². The second-order valence-electron chi connectivity index (χ2n) is 7.16. The molecule has 0 aliphatic heterocycles.